The summed E-state index contributed by atoms with van der Waals surface area (Å²) >= 11 is 5.92. The van der Waals surface area contributed by atoms with Crippen LogP contribution in [0.4, 0.5) is 9.18 Å². The van der Waals surface area contributed by atoms with Gasteiger partial charge < -0.3 is 10.5 Å². The molecule has 5 nitrogen and oxygen atoms in total. The summed E-state index contributed by atoms with van der Waals surface area (Å²) in [6, 6.07) is 10.2. The van der Waals surface area contributed by atoms with Crippen LogP contribution in [0.3, 0.4) is 0 Å². The van der Waals surface area contributed by atoms with Gasteiger partial charge in [0.2, 0.25) is 0 Å². The quantitative estimate of drug-likeness (QED) is 0.656. The standard InChI is InChI=1S/C15H13ClFN3O2/c16-12-3-6-14(11(7-12)8-19-20-15(18)21)22-9-10-1-4-13(17)5-2-10/h1-8H,9H2,(H3,18,20,21)/b19-8+. The number of hydrogen-bond donors (Lipinski definition) is 2. The van der Waals surface area contributed by atoms with Crippen LogP contribution in [-0.4, -0.2) is 12.2 Å². The van der Waals surface area contributed by atoms with Gasteiger partial charge in [-0.25, -0.2) is 14.6 Å². The highest BCUT2D eigenvalue weighted by Gasteiger charge is 2.04. The molecule has 2 rings (SSSR count). The van der Waals surface area contributed by atoms with Crippen LogP contribution in [0.25, 0.3) is 0 Å². The average molecular weight is 322 g/mol. The summed E-state index contributed by atoms with van der Waals surface area (Å²) in [5.74, 6) is 0.212. The maximum atomic E-state index is 12.8. The molecule has 2 aromatic rings. The van der Waals surface area contributed by atoms with E-state index in [0.717, 1.165) is 5.56 Å². The lowest BCUT2D eigenvalue weighted by atomic mass is 10.2. The van der Waals surface area contributed by atoms with Crippen molar-refractivity contribution in [2.75, 3.05) is 0 Å². The molecule has 2 amide bonds. The van der Waals surface area contributed by atoms with Crippen molar-refractivity contribution in [1.29, 1.82) is 0 Å². The van der Waals surface area contributed by atoms with Gasteiger partial charge in [0.1, 0.15) is 18.2 Å². The lowest BCUT2D eigenvalue weighted by Crippen LogP contribution is -2.24. The van der Waals surface area contributed by atoms with Gasteiger partial charge in [-0.15, -0.1) is 0 Å². The van der Waals surface area contributed by atoms with E-state index in [4.69, 9.17) is 22.1 Å². The average Bonchev–Trinajstić information content (AvgIpc) is 2.48. The van der Waals surface area contributed by atoms with E-state index in [-0.39, 0.29) is 12.4 Å². The van der Waals surface area contributed by atoms with Crippen molar-refractivity contribution < 1.29 is 13.9 Å². The third kappa shape index (κ3) is 4.75. The molecule has 0 unspecified atom stereocenters. The molecular formula is C15H13ClFN3O2. The van der Waals surface area contributed by atoms with Crippen molar-refractivity contribution in [3.8, 4) is 5.75 Å². The second-order valence-corrected chi connectivity index (χ2v) is 4.77. The first-order chi connectivity index (χ1) is 10.5. The molecule has 0 spiro atoms. The van der Waals surface area contributed by atoms with Gasteiger partial charge in [0, 0.05) is 10.6 Å². The number of carbonyl (C=O) groups excluding carboxylic acids is 1. The van der Waals surface area contributed by atoms with Crippen molar-refractivity contribution in [2.45, 2.75) is 6.61 Å². The van der Waals surface area contributed by atoms with Crippen LogP contribution in [0.2, 0.25) is 5.02 Å². The molecule has 0 heterocycles. The number of hydrogen-bond acceptors (Lipinski definition) is 3. The van der Waals surface area contributed by atoms with Crippen LogP contribution in [0.15, 0.2) is 47.6 Å². The van der Waals surface area contributed by atoms with Crippen LogP contribution in [0, 0.1) is 5.82 Å². The summed E-state index contributed by atoms with van der Waals surface area (Å²) < 4.78 is 18.5. The summed E-state index contributed by atoms with van der Waals surface area (Å²) in [6.07, 6.45) is 1.37. The molecule has 22 heavy (non-hydrogen) atoms. The highest BCUT2D eigenvalue weighted by Crippen LogP contribution is 2.22. The van der Waals surface area contributed by atoms with E-state index in [1.807, 2.05) is 0 Å². The Kier molecular flexibility index (Phi) is 5.32. The number of halogens is 2. The number of urea groups is 1. The topological polar surface area (TPSA) is 76.7 Å². The zero-order chi connectivity index (χ0) is 15.9. The molecule has 114 valence electrons. The first kappa shape index (κ1) is 15.8. The number of carbonyl (C=O) groups is 1. The fourth-order valence-corrected chi connectivity index (χ4v) is 1.84. The summed E-state index contributed by atoms with van der Waals surface area (Å²) in [4.78, 5) is 10.6. The predicted octanol–water partition coefficient (Wildman–Crippen LogP) is 3.06. The fourth-order valence-electron chi connectivity index (χ4n) is 1.66. The Labute approximate surface area is 131 Å². The van der Waals surface area contributed by atoms with E-state index in [2.05, 4.69) is 10.5 Å². The maximum absolute atomic E-state index is 12.8. The third-order valence-corrected chi connectivity index (χ3v) is 2.89. The van der Waals surface area contributed by atoms with Crippen LogP contribution in [0.5, 0.6) is 5.75 Å². The predicted molar refractivity (Wildman–Crippen MR) is 82.5 cm³/mol. The van der Waals surface area contributed by atoms with Crippen LogP contribution >= 0.6 is 11.6 Å². The summed E-state index contributed by atoms with van der Waals surface area (Å²) in [5.41, 5.74) is 8.40. The van der Waals surface area contributed by atoms with E-state index in [1.165, 1.54) is 18.3 Å². The monoisotopic (exact) mass is 321 g/mol. The van der Waals surface area contributed by atoms with Gasteiger partial charge in [-0.05, 0) is 35.9 Å². The Morgan fingerprint density at radius 1 is 1.32 bits per heavy atom. The number of rotatable bonds is 5. The Balaban J connectivity index is 2.10. The molecule has 0 saturated carbocycles. The van der Waals surface area contributed by atoms with Crippen LogP contribution in [0.1, 0.15) is 11.1 Å². The summed E-state index contributed by atoms with van der Waals surface area (Å²) in [7, 11) is 0. The first-order valence-electron chi connectivity index (χ1n) is 6.30. The number of primary amides is 1. The van der Waals surface area contributed by atoms with Gasteiger partial charge in [-0.3, -0.25) is 0 Å². The fraction of sp³-hybridized carbons (Fsp3) is 0.0667. The molecule has 3 N–H and O–H groups in total. The van der Waals surface area contributed by atoms with Gasteiger partial charge in [0.05, 0.1) is 6.21 Å². The number of ether oxygens (including phenoxy) is 1. The van der Waals surface area contributed by atoms with E-state index >= 15 is 0 Å². The molecule has 2 aromatic carbocycles. The van der Waals surface area contributed by atoms with Crippen molar-refractivity contribution in [2.24, 2.45) is 10.8 Å². The van der Waals surface area contributed by atoms with Crippen molar-refractivity contribution >= 4 is 23.8 Å². The highest BCUT2D eigenvalue weighted by atomic mass is 35.5. The van der Waals surface area contributed by atoms with Gasteiger partial charge in [0.25, 0.3) is 0 Å². The Hall–Kier alpha value is -2.60. The minimum Gasteiger partial charge on any atom is -0.488 e. The van der Waals surface area contributed by atoms with Crippen molar-refractivity contribution in [1.82, 2.24) is 5.43 Å². The Morgan fingerprint density at radius 2 is 2.05 bits per heavy atom. The summed E-state index contributed by atoms with van der Waals surface area (Å²) in [6.45, 7) is 0.256. The molecule has 0 bridgehead atoms. The molecule has 0 aliphatic carbocycles. The van der Waals surface area contributed by atoms with Gasteiger partial charge in [-0.1, -0.05) is 23.7 Å². The molecule has 7 heteroatoms. The second-order valence-electron chi connectivity index (χ2n) is 4.33. The second kappa shape index (κ2) is 7.42. The minimum atomic E-state index is -0.771. The molecule has 0 saturated heterocycles. The van der Waals surface area contributed by atoms with E-state index < -0.39 is 6.03 Å². The number of nitrogens with one attached hydrogen (secondary N) is 1. The zero-order valence-corrected chi connectivity index (χ0v) is 12.2. The van der Waals surface area contributed by atoms with Crippen molar-refractivity contribution in [3.05, 3.63) is 64.4 Å². The van der Waals surface area contributed by atoms with Gasteiger partial charge in [0.15, 0.2) is 0 Å². The molecule has 0 aliphatic heterocycles. The number of hydrazone groups is 1. The highest BCUT2D eigenvalue weighted by molar-refractivity contribution is 6.30. The van der Waals surface area contributed by atoms with Gasteiger partial charge in [-0.2, -0.15) is 5.10 Å². The molecule has 0 radical (unpaired) electrons. The van der Waals surface area contributed by atoms with Crippen LogP contribution < -0.4 is 15.9 Å². The largest absolute Gasteiger partial charge is 0.488 e. The molecule has 0 aromatic heterocycles. The number of nitrogens with zero attached hydrogens (tertiary/aromatic N) is 1. The third-order valence-electron chi connectivity index (χ3n) is 2.66. The number of benzene rings is 2. The maximum Gasteiger partial charge on any atom is 0.332 e. The zero-order valence-electron chi connectivity index (χ0n) is 11.4. The van der Waals surface area contributed by atoms with Crippen LogP contribution in [-0.2, 0) is 6.61 Å². The first-order valence-corrected chi connectivity index (χ1v) is 6.67. The summed E-state index contributed by atoms with van der Waals surface area (Å²) in [5, 5.41) is 4.17. The molecule has 0 aliphatic rings. The number of nitrogens with two attached hydrogens (primary N) is 1. The van der Waals surface area contributed by atoms with E-state index in [0.29, 0.717) is 16.3 Å². The lowest BCUT2D eigenvalue weighted by molar-refractivity contribution is 0.249. The van der Waals surface area contributed by atoms with Crippen molar-refractivity contribution in [3.63, 3.8) is 0 Å². The van der Waals surface area contributed by atoms with E-state index in [1.54, 1.807) is 30.3 Å². The smallest absolute Gasteiger partial charge is 0.332 e. The van der Waals surface area contributed by atoms with E-state index in [9.17, 15) is 9.18 Å². The Bertz CT molecular complexity index is 690. The Morgan fingerprint density at radius 3 is 2.73 bits per heavy atom. The minimum absolute atomic E-state index is 0.256. The van der Waals surface area contributed by atoms with Gasteiger partial charge >= 0.3 is 6.03 Å². The normalized spacial score (nSPS) is 10.6. The number of amides is 2. The molecular weight excluding hydrogens is 309 g/mol. The SMILES string of the molecule is NC(=O)N/N=C/c1cc(Cl)ccc1OCc1ccc(F)cc1. The lowest BCUT2D eigenvalue weighted by Gasteiger charge is -2.09. The molecule has 0 atom stereocenters. The molecule has 0 fully saturated rings.